The number of hydrogen-bond acceptors (Lipinski definition) is 4. The molecule has 0 aliphatic carbocycles. The molecule has 0 aromatic carbocycles. The zero-order chi connectivity index (χ0) is 11.9. The first-order valence-corrected chi connectivity index (χ1v) is 6.40. The lowest BCUT2D eigenvalue weighted by atomic mass is 10.3. The smallest absolute Gasteiger partial charge is 0.0945 e. The van der Waals surface area contributed by atoms with Crippen molar-refractivity contribution in [3.63, 3.8) is 0 Å². The minimum absolute atomic E-state index is 0.278. The van der Waals surface area contributed by atoms with Crippen molar-refractivity contribution in [1.82, 2.24) is 19.4 Å². The summed E-state index contributed by atoms with van der Waals surface area (Å²) in [6.07, 6.45) is 6.89. The average Bonchev–Trinajstić information content (AvgIpc) is 2.85. The summed E-state index contributed by atoms with van der Waals surface area (Å²) in [5.41, 5.74) is 0. The monoisotopic (exact) mass is 238 g/mol. The highest BCUT2D eigenvalue weighted by Crippen LogP contribution is 2.02. The lowest BCUT2D eigenvalue weighted by Gasteiger charge is -2.34. The van der Waals surface area contributed by atoms with Gasteiger partial charge in [0.15, 0.2) is 0 Å². The summed E-state index contributed by atoms with van der Waals surface area (Å²) in [7, 11) is 0. The number of β-amino-alcohol motifs (C(OH)–C–C–N with tert-alkyl or cyclic N) is 1. The molecular weight excluding hydrogens is 216 g/mol. The quantitative estimate of drug-likeness (QED) is 0.750. The fraction of sp³-hybridized carbons (Fsp3) is 0.750. The molecule has 5 nitrogen and oxygen atoms in total. The molecule has 2 rings (SSSR count). The van der Waals surface area contributed by atoms with Gasteiger partial charge in [-0.25, -0.2) is 4.98 Å². The molecule has 0 amide bonds. The van der Waals surface area contributed by atoms with Gasteiger partial charge in [-0.1, -0.05) is 0 Å². The van der Waals surface area contributed by atoms with E-state index in [0.717, 1.165) is 45.8 Å². The molecule has 96 valence electrons. The first-order chi connectivity index (χ1) is 8.38. The Morgan fingerprint density at radius 2 is 1.71 bits per heavy atom. The Kier molecular flexibility index (Phi) is 4.97. The molecule has 1 aliphatic rings. The van der Waals surface area contributed by atoms with Gasteiger partial charge in [-0.05, 0) is 13.0 Å². The van der Waals surface area contributed by atoms with Crippen molar-refractivity contribution >= 4 is 0 Å². The third-order valence-corrected chi connectivity index (χ3v) is 3.33. The van der Waals surface area contributed by atoms with E-state index in [1.165, 1.54) is 6.42 Å². The molecule has 0 spiro atoms. The average molecular weight is 238 g/mol. The summed E-state index contributed by atoms with van der Waals surface area (Å²) >= 11 is 0. The number of hydrogen-bond donors (Lipinski definition) is 1. The molecule has 17 heavy (non-hydrogen) atoms. The minimum atomic E-state index is 0.278. The number of aryl methyl sites for hydroxylation is 1. The summed E-state index contributed by atoms with van der Waals surface area (Å²) in [4.78, 5) is 8.87. The van der Waals surface area contributed by atoms with Gasteiger partial charge in [0.25, 0.3) is 0 Å². The van der Waals surface area contributed by atoms with Crippen molar-refractivity contribution in [3.05, 3.63) is 18.7 Å². The van der Waals surface area contributed by atoms with E-state index in [9.17, 15) is 0 Å². The van der Waals surface area contributed by atoms with Gasteiger partial charge >= 0.3 is 0 Å². The molecule has 1 fully saturated rings. The largest absolute Gasteiger partial charge is 0.395 e. The minimum Gasteiger partial charge on any atom is -0.395 e. The van der Waals surface area contributed by atoms with Gasteiger partial charge in [-0.3, -0.25) is 4.90 Å². The number of aliphatic hydroxyl groups excluding tert-OH is 1. The molecule has 1 saturated heterocycles. The van der Waals surface area contributed by atoms with Gasteiger partial charge in [0.2, 0.25) is 0 Å². The molecule has 0 atom stereocenters. The van der Waals surface area contributed by atoms with Crippen LogP contribution in [0.2, 0.25) is 0 Å². The van der Waals surface area contributed by atoms with E-state index < -0.39 is 0 Å². The van der Waals surface area contributed by atoms with Crippen LogP contribution in [0.3, 0.4) is 0 Å². The number of nitrogens with zero attached hydrogens (tertiary/aromatic N) is 4. The lowest BCUT2D eigenvalue weighted by molar-refractivity contribution is 0.111. The standard InChI is InChI=1S/C12H22N4O/c17-11-10-15-8-6-14(7-9-15)3-1-4-16-5-2-13-12-16/h2,5,12,17H,1,3-4,6-11H2. The van der Waals surface area contributed by atoms with E-state index >= 15 is 0 Å². The maximum atomic E-state index is 8.87. The molecule has 0 unspecified atom stereocenters. The first-order valence-electron chi connectivity index (χ1n) is 6.40. The fourth-order valence-electron chi connectivity index (χ4n) is 2.27. The van der Waals surface area contributed by atoms with Gasteiger partial charge in [-0.15, -0.1) is 0 Å². The van der Waals surface area contributed by atoms with Crippen LogP contribution >= 0.6 is 0 Å². The molecule has 1 aliphatic heterocycles. The van der Waals surface area contributed by atoms with Crippen LogP contribution in [-0.2, 0) is 6.54 Å². The third-order valence-electron chi connectivity index (χ3n) is 3.33. The van der Waals surface area contributed by atoms with Gasteiger partial charge in [-0.2, -0.15) is 0 Å². The second kappa shape index (κ2) is 6.74. The van der Waals surface area contributed by atoms with Crippen LogP contribution < -0.4 is 0 Å². The van der Waals surface area contributed by atoms with Crippen LogP contribution in [-0.4, -0.2) is 70.3 Å². The lowest BCUT2D eigenvalue weighted by Crippen LogP contribution is -2.47. The van der Waals surface area contributed by atoms with Gasteiger partial charge < -0.3 is 14.6 Å². The van der Waals surface area contributed by atoms with Gasteiger partial charge in [0.05, 0.1) is 12.9 Å². The van der Waals surface area contributed by atoms with Crippen LogP contribution in [0.25, 0.3) is 0 Å². The summed E-state index contributed by atoms with van der Waals surface area (Å²) in [6, 6.07) is 0. The molecule has 5 heteroatoms. The van der Waals surface area contributed by atoms with Crippen molar-refractivity contribution in [2.75, 3.05) is 45.9 Å². The number of piperazine rings is 1. The predicted octanol–water partition coefficient (Wildman–Crippen LogP) is -0.117. The molecule has 1 N–H and O–H groups in total. The normalized spacial score (nSPS) is 18.6. The van der Waals surface area contributed by atoms with Crippen molar-refractivity contribution in [3.8, 4) is 0 Å². The Morgan fingerprint density at radius 1 is 1.00 bits per heavy atom. The van der Waals surface area contributed by atoms with Gasteiger partial charge in [0, 0.05) is 51.7 Å². The number of imidazole rings is 1. The van der Waals surface area contributed by atoms with Crippen LogP contribution in [0.5, 0.6) is 0 Å². The molecular formula is C12H22N4O. The third kappa shape index (κ3) is 4.11. The first kappa shape index (κ1) is 12.5. The molecule has 0 bridgehead atoms. The SMILES string of the molecule is OCCN1CCN(CCCn2ccnc2)CC1. The van der Waals surface area contributed by atoms with Crippen molar-refractivity contribution < 1.29 is 5.11 Å². The zero-order valence-corrected chi connectivity index (χ0v) is 10.3. The topological polar surface area (TPSA) is 44.5 Å². The Bertz CT molecular complexity index is 293. The Balaban J connectivity index is 1.58. The van der Waals surface area contributed by atoms with E-state index in [2.05, 4.69) is 19.4 Å². The summed E-state index contributed by atoms with van der Waals surface area (Å²) in [5.74, 6) is 0. The highest BCUT2D eigenvalue weighted by atomic mass is 16.3. The van der Waals surface area contributed by atoms with E-state index in [1.54, 1.807) is 0 Å². The van der Waals surface area contributed by atoms with Crippen LogP contribution in [0.15, 0.2) is 18.7 Å². The van der Waals surface area contributed by atoms with Crippen molar-refractivity contribution in [2.45, 2.75) is 13.0 Å². The maximum Gasteiger partial charge on any atom is 0.0945 e. The molecule has 1 aromatic heterocycles. The summed E-state index contributed by atoms with van der Waals surface area (Å²) in [5, 5.41) is 8.87. The molecule has 0 radical (unpaired) electrons. The van der Waals surface area contributed by atoms with Crippen LogP contribution in [0.1, 0.15) is 6.42 Å². The van der Waals surface area contributed by atoms with Crippen molar-refractivity contribution in [1.29, 1.82) is 0 Å². The Hall–Kier alpha value is -0.910. The second-order valence-corrected chi connectivity index (χ2v) is 4.56. The number of rotatable bonds is 6. The Labute approximate surface area is 103 Å². The Morgan fingerprint density at radius 3 is 2.29 bits per heavy atom. The molecule has 2 heterocycles. The van der Waals surface area contributed by atoms with E-state index in [4.69, 9.17) is 5.11 Å². The predicted molar refractivity (Wildman–Crippen MR) is 66.8 cm³/mol. The number of aliphatic hydroxyl groups is 1. The number of aromatic nitrogens is 2. The second-order valence-electron chi connectivity index (χ2n) is 4.56. The van der Waals surface area contributed by atoms with E-state index in [1.807, 2.05) is 18.7 Å². The van der Waals surface area contributed by atoms with E-state index in [-0.39, 0.29) is 6.61 Å². The zero-order valence-electron chi connectivity index (χ0n) is 10.3. The fourth-order valence-corrected chi connectivity index (χ4v) is 2.27. The highest BCUT2D eigenvalue weighted by Gasteiger charge is 2.15. The summed E-state index contributed by atoms with van der Waals surface area (Å²) < 4.78 is 2.13. The molecule has 0 saturated carbocycles. The summed E-state index contributed by atoms with van der Waals surface area (Å²) in [6.45, 7) is 7.75. The van der Waals surface area contributed by atoms with Crippen LogP contribution in [0.4, 0.5) is 0 Å². The van der Waals surface area contributed by atoms with Crippen molar-refractivity contribution in [2.24, 2.45) is 0 Å². The van der Waals surface area contributed by atoms with E-state index in [0.29, 0.717) is 0 Å². The van der Waals surface area contributed by atoms with Gasteiger partial charge in [0.1, 0.15) is 0 Å². The highest BCUT2D eigenvalue weighted by molar-refractivity contribution is 4.75. The molecule has 1 aromatic rings. The van der Waals surface area contributed by atoms with Crippen LogP contribution in [0, 0.1) is 0 Å². The maximum absolute atomic E-state index is 8.87.